The second-order valence-corrected chi connectivity index (χ2v) is 7.34. The number of carbonyl (C=O) groups excluding carboxylic acids is 1. The topological polar surface area (TPSA) is 93.0 Å². The number of ether oxygens (including phenoxy) is 1. The van der Waals surface area contributed by atoms with Crippen LogP contribution in [0.5, 0.6) is 5.75 Å². The Kier molecular flexibility index (Phi) is 5.13. The quantitative estimate of drug-likeness (QED) is 0.383. The number of aromatic amines is 1. The molecule has 0 saturated heterocycles. The first-order valence-electron chi connectivity index (χ1n) is 10.2. The predicted octanol–water partition coefficient (Wildman–Crippen LogP) is 5.36. The molecule has 5 rings (SSSR count). The van der Waals surface area contributed by atoms with E-state index in [2.05, 4.69) is 26.6 Å². The van der Waals surface area contributed by atoms with Crippen LogP contribution in [0.2, 0.25) is 0 Å². The van der Waals surface area contributed by atoms with Crippen LogP contribution in [0.3, 0.4) is 0 Å². The van der Waals surface area contributed by atoms with Crippen LogP contribution in [0.25, 0.3) is 22.2 Å². The van der Waals surface area contributed by atoms with Crippen molar-refractivity contribution in [3.8, 4) is 17.1 Å². The van der Waals surface area contributed by atoms with Gasteiger partial charge in [-0.15, -0.1) is 0 Å². The molecule has 0 aliphatic rings. The van der Waals surface area contributed by atoms with E-state index in [-0.39, 0.29) is 18.3 Å². The molecule has 0 atom stereocenters. The molecule has 0 radical (unpaired) electrons. The molecule has 2 N–H and O–H groups in total. The molecule has 3 aromatic carbocycles. The minimum Gasteiger partial charge on any atom is -0.486 e. The van der Waals surface area contributed by atoms with Crippen LogP contribution in [0.15, 0.2) is 83.3 Å². The third-order valence-corrected chi connectivity index (χ3v) is 4.96. The zero-order valence-corrected chi connectivity index (χ0v) is 17.3. The van der Waals surface area contributed by atoms with Gasteiger partial charge in [-0.3, -0.25) is 9.89 Å². The number of amides is 1. The standard InChI is InChI=1S/C25H20N4O3/c1-16-26-24(29-28-16)19-7-4-8-20(13-19)27-25(30)23-12-11-22(32-23)15-31-21-10-9-17-5-2-3-6-18(17)14-21/h2-14H,15H2,1H3,(H,27,30)(H,26,28,29). The van der Waals surface area contributed by atoms with Gasteiger partial charge in [0, 0.05) is 11.3 Å². The van der Waals surface area contributed by atoms with E-state index < -0.39 is 0 Å². The summed E-state index contributed by atoms with van der Waals surface area (Å²) < 4.78 is 11.5. The van der Waals surface area contributed by atoms with Gasteiger partial charge in [0.05, 0.1) is 0 Å². The number of H-pyrrole nitrogens is 1. The maximum atomic E-state index is 12.6. The van der Waals surface area contributed by atoms with Crippen molar-refractivity contribution in [3.05, 3.63) is 96.2 Å². The molecular formula is C25H20N4O3. The van der Waals surface area contributed by atoms with Crippen molar-refractivity contribution in [2.75, 3.05) is 5.32 Å². The number of rotatable bonds is 6. The first kappa shape index (κ1) is 19.6. The second-order valence-electron chi connectivity index (χ2n) is 7.34. The third-order valence-electron chi connectivity index (χ3n) is 4.96. The molecule has 0 aliphatic carbocycles. The smallest absolute Gasteiger partial charge is 0.291 e. The fourth-order valence-corrected chi connectivity index (χ4v) is 3.39. The molecule has 5 aromatic rings. The Bertz CT molecular complexity index is 1400. The summed E-state index contributed by atoms with van der Waals surface area (Å²) in [5.74, 6) is 2.47. The summed E-state index contributed by atoms with van der Waals surface area (Å²) >= 11 is 0. The van der Waals surface area contributed by atoms with E-state index in [0.29, 0.717) is 17.3 Å². The zero-order chi connectivity index (χ0) is 21.9. The van der Waals surface area contributed by atoms with Gasteiger partial charge in [0.2, 0.25) is 0 Å². The van der Waals surface area contributed by atoms with Crippen LogP contribution in [-0.4, -0.2) is 21.1 Å². The van der Waals surface area contributed by atoms with E-state index in [9.17, 15) is 4.79 Å². The Morgan fingerprint density at radius 1 is 1.00 bits per heavy atom. The third kappa shape index (κ3) is 4.22. The minimum atomic E-state index is -0.342. The van der Waals surface area contributed by atoms with Gasteiger partial charge in [-0.1, -0.05) is 42.5 Å². The Hall–Kier alpha value is -4.39. The molecule has 0 fully saturated rings. The molecule has 0 aliphatic heterocycles. The van der Waals surface area contributed by atoms with Gasteiger partial charge in [0.25, 0.3) is 5.91 Å². The lowest BCUT2D eigenvalue weighted by Crippen LogP contribution is -2.10. The fraction of sp³-hybridized carbons (Fsp3) is 0.0800. The molecule has 7 nitrogen and oxygen atoms in total. The van der Waals surface area contributed by atoms with Gasteiger partial charge in [0.1, 0.15) is 23.9 Å². The van der Waals surface area contributed by atoms with Crippen molar-refractivity contribution < 1.29 is 13.9 Å². The van der Waals surface area contributed by atoms with E-state index in [0.717, 1.165) is 27.9 Å². The summed E-state index contributed by atoms with van der Waals surface area (Å²) in [6.07, 6.45) is 0. The lowest BCUT2D eigenvalue weighted by atomic mass is 10.1. The molecule has 2 aromatic heterocycles. The number of carbonyl (C=O) groups is 1. The molecule has 0 unspecified atom stereocenters. The highest BCUT2D eigenvalue weighted by Gasteiger charge is 2.13. The molecular weight excluding hydrogens is 404 g/mol. The van der Waals surface area contributed by atoms with E-state index in [1.165, 1.54) is 0 Å². The lowest BCUT2D eigenvalue weighted by molar-refractivity contribution is 0.0992. The van der Waals surface area contributed by atoms with Crippen LogP contribution < -0.4 is 10.1 Å². The van der Waals surface area contributed by atoms with Crippen molar-refractivity contribution in [1.29, 1.82) is 0 Å². The maximum absolute atomic E-state index is 12.6. The van der Waals surface area contributed by atoms with Gasteiger partial charge < -0.3 is 14.5 Å². The highest BCUT2D eigenvalue weighted by atomic mass is 16.5. The van der Waals surface area contributed by atoms with Crippen molar-refractivity contribution in [2.45, 2.75) is 13.5 Å². The maximum Gasteiger partial charge on any atom is 0.291 e. The lowest BCUT2D eigenvalue weighted by Gasteiger charge is -2.06. The highest BCUT2D eigenvalue weighted by molar-refractivity contribution is 6.02. The Balaban J connectivity index is 1.23. The molecule has 0 bridgehead atoms. The number of benzene rings is 3. The van der Waals surface area contributed by atoms with Crippen molar-refractivity contribution in [2.24, 2.45) is 0 Å². The largest absolute Gasteiger partial charge is 0.486 e. The Morgan fingerprint density at radius 2 is 1.88 bits per heavy atom. The number of hydrogen-bond acceptors (Lipinski definition) is 5. The van der Waals surface area contributed by atoms with Gasteiger partial charge in [-0.2, -0.15) is 5.10 Å². The zero-order valence-electron chi connectivity index (χ0n) is 17.3. The number of anilines is 1. The van der Waals surface area contributed by atoms with Crippen molar-refractivity contribution in [1.82, 2.24) is 15.2 Å². The minimum absolute atomic E-state index is 0.209. The summed E-state index contributed by atoms with van der Waals surface area (Å²) in [5.41, 5.74) is 1.43. The van der Waals surface area contributed by atoms with Crippen LogP contribution >= 0.6 is 0 Å². The molecule has 32 heavy (non-hydrogen) atoms. The molecule has 2 heterocycles. The number of nitrogens with zero attached hydrogens (tertiary/aromatic N) is 2. The molecule has 0 spiro atoms. The Morgan fingerprint density at radius 3 is 2.72 bits per heavy atom. The van der Waals surface area contributed by atoms with E-state index in [1.807, 2.05) is 61.5 Å². The highest BCUT2D eigenvalue weighted by Crippen LogP contribution is 2.23. The van der Waals surface area contributed by atoms with Crippen LogP contribution in [0.1, 0.15) is 22.1 Å². The molecule has 158 valence electrons. The first-order chi connectivity index (χ1) is 15.6. The number of fused-ring (bicyclic) bond motifs is 1. The summed E-state index contributed by atoms with van der Waals surface area (Å²) in [6.45, 7) is 2.06. The van der Waals surface area contributed by atoms with Crippen molar-refractivity contribution in [3.63, 3.8) is 0 Å². The van der Waals surface area contributed by atoms with E-state index in [4.69, 9.17) is 9.15 Å². The van der Waals surface area contributed by atoms with Gasteiger partial charge in [-0.05, 0) is 54.1 Å². The predicted molar refractivity (Wildman–Crippen MR) is 121 cm³/mol. The number of nitrogens with one attached hydrogen (secondary N) is 2. The van der Waals surface area contributed by atoms with Gasteiger partial charge in [-0.25, -0.2) is 4.98 Å². The summed E-state index contributed by atoms with van der Waals surface area (Å²) in [6, 6.07) is 24.7. The van der Waals surface area contributed by atoms with Crippen LogP contribution in [0.4, 0.5) is 5.69 Å². The van der Waals surface area contributed by atoms with Crippen LogP contribution in [-0.2, 0) is 6.61 Å². The fourth-order valence-electron chi connectivity index (χ4n) is 3.39. The SMILES string of the molecule is Cc1nc(-c2cccc(NC(=O)c3ccc(COc4ccc5ccccc5c4)o3)c2)n[nH]1. The second kappa shape index (κ2) is 8.39. The summed E-state index contributed by atoms with van der Waals surface area (Å²) in [4.78, 5) is 16.9. The average Bonchev–Trinajstić information content (AvgIpc) is 3.47. The molecule has 7 heteroatoms. The van der Waals surface area contributed by atoms with E-state index >= 15 is 0 Å². The average molecular weight is 424 g/mol. The normalized spacial score (nSPS) is 10.9. The number of aryl methyl sites for hydroxylation is 1. The van der Waals surface area contributed by atoms with E-state index in [1.54, 1.807) is 18.2 Å². The first-order valence-corrected chi connectivity index (χ1v) is 10.2. The monoisotopic (exact) mass is 424 g/mol. The Labute approximate surface area is 184 Å². The van der Waals surface area contributed by atoms with Gasteiger partial charge in [0.15, 0.2) is 11.6 Å². The molecule has 1 amide bonds. The number of hydrogen-bond donors (Lipinski definition) is 2. The van der Waals surface area contributed by atoms with Gasteiger partial charge >= 0.3 is 0 Å². The number of aromatic nitrogens is 3. The number of furan rings is 1. The van der Waals surface area contributed by atoms with Crippen LogP contribution in [0, 0.1) is 6.92 Å². The summed E-state index contributed by atoms with van der Waals surface area (Å²) in [5, 5.41) is 12.1. The van der Waals surface area contributed by atoms with Crippen molar-refractivity contribution >= 4 is 22.4 Å². The summed E-state index contributed by atoms with van der Waals surface area (Å²) in [7, 11) is 0. The molecule has 0 saturated carbocycles.